The van der Waals surface area contributed by atoms with Crippen LogP contribution in [0.25, 0.3) is 6.08 Å². The molecule has 0 spiro atoms. The Morgan fingerprint density at radius 1 is 1.36 bits per heavy atom. The zero-order valence-electron chi connectivity index (χ0n) is 7.30. The van der Waals surface area contributed by atoms with Crippen LogP contribution in [0.3, 0.4) is 0 Å². The minimum atomic E-state index is -5.14. The Kier molecular flexibility index (Phi) is 5.09. The monoisotopic (exact) mass is 219 g/mol. The molecular formula is C8H11FNO3P. The third kappa shape index (κ3) is 8.93. The maximum atomic E-state index is 10.4. The van der Waals surface area contributed by atoms with E-state index in [4.69, 9.17) is 20.1 Å². The Labute approximate surface area is 81.2 Å². The summed E-state index contributed by atoms with van der Waals surface area (Å²) in [4.78, 5) is 13.9. The average Bonchev–Trinajstić information content (AvgIpc) is 2.03. The van der Waals surface area contributed by atoms with Crippen molar-refractivity contribution in [3.05, 3.63) is 36.4 Å². The van der Waals surface area contributed by atoms with E-state index in [1.807, 2.05) is 24.3 Å². The highest BCUT2D eigenvalue weighted by atomic mass is 31.2. The van der Waals surface area contributed by atoms with E-state index in [0.717, 1.165) is 11.3 Å². The smallest absolute Gasteiger partial charge is 0.399 e. The number of nitrogen functional groups attached to an aromatic ring is 1. The molecule has 0 heterocycles. The molecule has 0 atom stereocenters. The summed E-state index contributed by atoms with van der Waals surface area (Å²) in [5.41, 5.74) is 7.34. The summed E-state index contributed by atoms with van der Waals surface area (Å²) in [5.74, 6) is 0. The second-order valence-corrected chi connectivity index (χ2v) is 3.29. The minimum absolute atomic E-state index is 0.792. The first-order chi connectivity index (χ1) is 6.33. The summed E-state index contributed by atoms with van der Waals surface area (Å²) < 4.78 is 19.0. The molecular weight excluding hydrogens is 208 g/mol. The van der Waals surface area contributed by atoms with E-state index in [9.17, 15) is 4.20 Å². The minimum Gasteiger partial charge on any atom is -0.399 e. The van der Waals surface area contributed by atoms with Gasteiger partial charge in [-0.1, -0.05) is 24.8 Å². The molecule has 6 heteroatoms. The van der Waals surface area contributed by atoms with Crippen molar-refractivity contribution in [2.45, 2.75) is 0 Å². The molecule has 0 saturated heterocycles. The van der Waals surface area contributed by atoms with Crippen LogP contribution in [0.4, 0.5) is 9.88 Å². The number of nitrogens with two attached hydrogens (primary N) is 1. The number of anilines is 1. The molecule has 0 amide bonds. The topological polar surface area (TPSA) is 83.6 Å². The summed E-state index contributed by atoms with van der Waals surface area (Å²) in [6, 6.07) is 7.58. The van der Waals surface area contributed by atoms with E-state index in [-0.39, 0.29) is 0 Å². The highest BCUT2D eigenvalue weighted by molar-refractivity contribution is 7.45. The molecule has 4 nitrogen and oxygen atoms in total. The zero-order valence-corrected chi connectivity index (χ0v) is 8.19. The Balaban J connectivity index is 0.000000292. The van der Waals surface area contributed by atoms with Crippen LogP contribution in [0.1, 0.15) is 5.56 Å². The Hall–Kier alpha value is -1.16. The van der Waals surface area contributed by atoms with E-state index in [1.165, 1.54) is 0 Å². The average molecular weight is 219 g/mol. The molecule has 0 bridgehead atoms. The van der Waals surface area contributed by atoms with Crippen molar-refractivity contribution in [2.75, 3.05) is 5.73 Å². The van der Waals surface area contributed by atoms with Crippen LogP contribution >= 0.6 is 7.91 Å². The lowest BCUT2D eigenvalue weighted by atomic mass is 10.2. The standard InChI is InChI=1S/C8H9N.FH2O3P/c1-2-7-3-5-8(9)6-4-7;1-5(2,3)4/h2-6H,1,9H2;(H2,2,3,4). The predicted molar refractivity (Wildman–Crippen MR) is 54.1 cm³/mol. The van der Waals surface area contributed by atoms with Gasteiger partial charge in [0.05, 0.1) is 0 Å². The van der Waals surface area contributed by atoms with Gasteiger partial charge in [-0.05, 0) is 17.7 Å². The third-order valence-electron chi connectivity index (χ3n) is 1.17. The van der Waals surface area contributed by atoms with Gasteiger partial charge in [-0.25, -0.2) is 4.57 Å². The molecule has 1 aromatic rings. The predicted octanol–water partition coefficient (Wildman–Crippen LogP) is 1.96. The van der Waals surface area contributed by atoms with Crippen LogP contribution < -0.4 is 5.73 Å². The van der Waals surface area contributed by atoms with Crippen molar-refractivity contribution in [3.63, 3.8) is 0 Å². The molecule has 4 N–H and O–H groups in total. The second kappa shape index (κ2) is 5.54. The highest BCUT2D eigenvalue weighted by Crippen LogP contribution is 2.34. The van der Waals surface area contributed by atoms with Gasteiger partial charge in [0.15, 0.2) is 0 Å². The molecule has 0 saturated carbocycles. The summed E-state index contributed by atoms with van der Waals surface area (Å²) in [5, 5.41) is 0. The van der Waals surface area contributed by atoms with Gasteiger partial charge in [-0.2, -0.15) is 0 Å². The van der Waals surface area contributed by atoms with Gasteiger partial charge in [0, 0.05) is 5.69 Å². The first-order valence-electron chi connectivity index (χ1n) is 3.56. The molecule has 0 radical (unpaired) electrons. The number of hydrogen-bond donors (Lipinski definition) is 3. The quantitative estimate of drug-likeness (QED) is 0.498. The lowest BCUT2D eigenvalue weighted by molar-refractivity contribution is 0.322. The van der Waals surface area contributed by atoms with E-state index in [1.54, 1.807) is 6.08 Å². The molecule has 1 rings (SSSR count). The third-order valence-corrected chi connectivity index (χ3v) is 1.17. The van der Waals surface area contributed by atoms with Crippen LogP contribution in [-0.2, 0) is 4.57 Å². The lowest BCUT2D eigenvalue weighted by Gasteiger charge is -1.91. The van der Waals surface area contributed by atoms with E-state index >= 15 is 0 Å². The van der Waals surface area contributed by atoms with Gasteiger partial charge in [0.25, 0.3) is 0 Å². The van der Waals surface area contributed by atoms with Crippen molar-refractivity contribution in [1.82, 2.24) is 0 Å². The Morgan fingerprint density at radius 2 is 1.71 bits per heavy atom. The van der Waals surface area contributed by atoms with Crippen molar-refractivity contribution < 1.29 is 18.5 Å². The summed E-state index contributed by atoms with van der Waals surface area (Å²) in [6.45, 7) is 3.62. The van der Waals surface area contributed by atoms with Crippen LogP contribution in [0.2, 0.25) is 0 Å². The van der Waals surface area contributed by atoms with Crippen LogP contribution in [0, 0.1) is 0 Å². The lowest BCUT2D eigenvalue weighted by Crippen LogP contribution is -1.81. The molecule has 0 fully saturated rings. The molecule has 0 aliphatic heterocycles. The van der Waals surface area contributed by atoms with Gasteiger partial charge in [0.2, 0.25) is 0 Å². The highest BCUT2D eigenvalue weighted by Gasteiger charge is 2.04. The van der Waals surface area contributed by atoms with Gasteiger partial charge in [-0.3, -0.25) is 9.79 Å². The summed E-state index contributed by atoms with van der Waals surface area (Å²) in [7, 11) is -5.14. The molecule has 0 aromatic heterocycles. The van der Waals surface area contributed by atoms with Crippen LogP contribution in [-0.4, -0.2) is 9.79 Å². The van der Waals surface area contributed by atoms with E-state index in [0.29, 0.717) is 0 Å². The largest absolute Gasteiger partial charge is 0.507 e. The number of benzene rings is 1. The van der Waals surface area contributed by atoms with Gasteiger partial charge >= 0.3 is 7.91 Å². The maximum Gasteiger partial charge on any atom is 0.507 e. The molecule has 0 unspecified atom stereocenters. The molecule has 78 valence electrons. The van der Waals surface area contributed by atoms with Crippen molar-refractivity contribution in [1.29, 1.82) is 0 Å². The van der Waals surface area contributed by atoms with Gasteiger partial charge in [-0.15, -0.1) is 4.20 Å². The van der Waals surface area contributed by atoms with Gasteiger partial charge in [0.1, 0.15) is 0 Å². The molecule has 1 aromatic carbocycles. The molecule has 0 aliphatic rings. The van der Waals surface area contributed by atoms with Crippen molar-refractivity contribution in [2.24, 2.45) is 0 Å². The SMILES string of the molecule is C=Cc1ccc(N)cc1.O=P(O)(O)F. The van der Waals surface area contributed by atoms with Crippen LogP contribution in [0.15, 0.2) is 30.8 Å². The summed E-state index contributed by atoms with van der Waals surface area (Å²) >= 11 is 0. The molecule has 0 aliphatic carbocycles. The molecule has 14 heavy (non-hydrogen) atoms. The number of hydrogen-bond acceptors (Lipinski definition) is 2. The van der Waals surface area contributed by atoms with E-state index in [2.05, 4.69) is 6.58 Å². The van der Waals surface area contributed by atoms with Crippen LogP contribution in [0.5, 0.6) is 0 Å². The number of rotatable bonds is 1. The first-order valence-corrected chi connectivity index (χ1v) is 5.06. The Bertz CT molecular complexity index is 325. The summed E-state index contributed by atoms with van der Waals surface area (Å²) in [6.07, 6.45) is 1.79. The number of halogens is 1. The first kappa shape index (κ1) is 12.8. The fourth-order valence-corrected chi connectivity index (χ4v) is 0.632. The normalized spacial score (nSPS) is 9.93. The van der Waals surface area contributed by atoms with Crippen molar-refractivity contribution in [3.8, 4) is 0 Å². The van der Waals surface area contributed by atoms with Gasteiger partial charge < -0.3 is 5.73 Å². The zero-order chi connectivity index (χ0) is 11.2. The van der Waals surface area contributed by atoms with E-state index < -0.39 is 7.91 Å². The fourth-order valence-electron chi connectivity index (χ4n) is 0.632. The Morgan fingerprint density at radius 3 is 2.00 bits per heavy atom. The second-order valence-electron chi connectivity index (χ2n) is 2.34. The fraction of sp³-hybridized carbons (Fsp3) is 0. The maximum absolute atomic E-state index is 10.4. The van der Waals surface area contributed by atoms with Crippen molar-refractivity contribution >= 4 is 19.7 Å².